The van der Waals surface area contributed by atoms with Gasteiger partial charge in [0.25, 0.3) is 5.91 Å². The Morgan fingerprint density at radius 1 is 1.45 bits per heavy atom. The van der Waals surface area contributed by atoms with Crippen molar-refractivity contribution in [3.63, 3.8) is 0 Å². The molecule has 1 amide bonds. The summed E-state index contributed by atoms with van der Waals surface area (Å²) in [6.45, 7) is 0.140. The molecule has 104 valence electrons. The predicted octanol–water partition coefficient (Wildman–Crippen LogP) is 1.86. The number of hydrogen-bond donors (Lipinski definition) is 2. The Labute approximate surface area is 115 Å². The summed E-state index contributed by atoms with van der Waals surface area (Å²) in [6, 6.07) is 5.82. The highest BCUT2D eigenvalue weighted by Crippen LogP contribution is 2.18. The van der Waals surface area contributed by atoms with Crippen LogP contribution in [0.4, 0.5) is 4.39 Å². The molecule has 20 heavy (non-hydrogen) atoms. The van der Waals surface area contributed by atoms with E-state index in [9.17, 15) is 14.3 Å². The molecule has 5 nitrogen and oxygen atoms in total. The van der Waals surface area contributed by atoms with E-state index in [0.29, 0.717) is 5.56 Å². The molecule has 1 heterocycles. The van der Waals surface area contributed by atoms with Crippen molar-refractivity contribution >= 4 is 5.91 Å². The lowest BCUT2D eigenvalue weighted by Gasteiger charge is -2.08. The zero-order chi connectivity index (χ0) is 14.5. The Morgan fingerprint density at radius 2 is 2.25 bits per heavy atom. The molecule has 0 fully saturated rings. The van der Waals surface area contributed by atoms with Crippen LogP contribution in [0.3, 0.4) is 0 Å². The standard InChI is InChI=1S/C14H13FN2O3/c1-20-13-3-2-9(6-11(13)15)7-17-14(19)10-4-5-16-8-12(10)18/h2-6,8,18H,7H2,1H3,(H,17,19). The van der Waals surface area contributed by atoms with Crippen LogP contribution in [0, 0.1) is 5.82 Å². The summed E-state index contributed by atoms with van der Waals surface area (Å²) in [4.78, 5) is 15.5. The summed E-state index contributed by atoms with van der Waals surface area (Å²) in [5, 5.41) is 12.1. The van der Waals surface area contributed by atoms with Gasteiger partial charge in [-0.1, -0.05) is 6.07 Å². The number of pyridine rings is 1. The van der Waals surface area contributed by atoms with Crippen LogP contribution in [0.15, 0.2) is 36.7 Å². The minimum absolute atomic E-state index is 0.119. The molecular formula is C14H13FN2O3. The number of nitrogens with zero attached hydrogens (tertiary/aromatic N) is 1. The molecule has 0 saturated carbocycles. The van der Waals surface area contributed by atoms with Crippen LogP contribution in [-0.2, 0) is 6.54 Å². The van der Waals surface area contributed by atoms with E-state index in [1.807, 2.05) is 0 Å². The fourth-order valence-corrected chi connectivity index (χ4v) is 1.68. The highest BCUT2D eigenvalue weighted by atomic mass is 19.1. The molecule has 0 bridgehead atoms. The lowest BCUT2D eigenvalue weighted by molar-refractivity contribution is 0.0948. The van der Waals surface area contributed by atoms with Crippen LogP contribution in [-0.4, -0.2) is 23.1 Å². The van der Waals surface area contributed by atoms with E-state index in [2.05, 4.69) is 10.3 Å². The van der Waals surface area contributed by atoms with Crippen molar-refractivity contribution in [3.8, 4) is 11.5 Å². The number of nitrogens with one attached hydrogen (secondary N) is 1. The van der Waals surface area contributed by atoms with Gasteiger partial charge in [0.05, 0.1) is 18.9 Å². The van der Waals surface area contributed by atoms with Crippen LogP contribution >= 0.6 is 0 Å². The van der Waals surface area contributed by atoms with E-state index >= 15 is 0 Å². The van der Waals surface area contributed by atoms with Crippen molar-refractivity contribution in [2.24, 2.45) is 0 Å². The van der Waals surface area contributed by atoms with E-state index in [1.165, 1.54) is 37.7 Å². The van der Waals surface area contributed by atoms with Crippen LogP contribution in [0.25, 0.3) is 0 Å². The molecule has 6 heteroatoms. The molecule has 0 saturated heterocycles. The number of aromatic hydroxyl groups is 1. The number of benzene rings is 1. The molecule has 0 aliphatic carbocycles. The number of carbonyl (C=O) groups excluding carboxylic acids is 1. The Hall–Kier alpha value is -2.63. The molecule has 2 N–H and O–H groups in total. The number of halogens is 1. The second-order valence-corrected chi connectivity index (χ2v) is 4.04. The Kier molecular flexibility index (Phi) is 4.14. The van der Waals surface area contributed by atoms with Crippen molar-refractivity contribution < 1.29 is 19.0 Å². The van der Waals surface area contributed by atoms with Gasteiger partial charge in [-0.05, 0) is 23.8 Å². The summed E-state index contributed by atoms with van der Waals surface area (Å²) in [6.07, 6.45) is 2.59. The summed E-state index contributed by atoms with van der Waals surface area (Å²) >= 11 is 0. The maximum absolute atomic E-state index is 13.5. The van der Waals surface area contributed by atoms with Crippen molar-refractivity contribution in [2.45, 2.75) is 6.54 Å². The van der Waals surface area contributed by atoms with Gasteiger partial charge in [0.1, 0.15) is 5.75 Å². The average Bonchev–Trinajstić information content (AvgIpc) is 2.45. The first kappa shape index (κ1) is 13.8. The monoisotopic (exact) mass is 276 g/mol. The average molecular weight is 276 g/mol. The van der Waals surface area contributed by atoms with E-state index in [0.717, 1.165) is 0 Å². The molecule has 0 radical (unpaired) electrons. The van der Waals surface area contributed by atoms with Crippen molar-refractivity contribution in [1.82, 2.24) is 10.3 Å². The number of methoxy groups -OCH3 is 1. The zero-order valence-corrected chi connectivity index (χ0v) is 10.8. The van der Waals surface area contributed by atoms with Crippen molar-refractivity contribution in [3.05, 3.63) is 53.6 Å². The molecule has 1 aromatic carbocycles. The molecule has 2 rings (SSSR count). The first-order valence-corrected chi connectivity index (χ1v) is 5.85. The van der Waals surface area contributed by atoms with Crippen LogP contribution in [0.5, 0.6) is 11.5 Å². The van der Waals surface area contributed by atoms with Crippen molar-refractivity contribution in [1.29, 1.82) is 0 Å². The quantitative estimate of drug-likeness (QED) is 0.894. The van der Waals surface area contributed by atoms with Gasteiger partial charge >= 0.3 is 0 Å². The minimum Gasteiger partial charge on any atom is -0.505 e. The second-order valence-electron chi connectivity index (χ2n) is 4.04. The number of rotatable bonds is 4. The number of amides is 1. The van der Waals surface area contributed by atoms with E-state index in [-0.39, 0.29) is 23.6 Å². The van der Waals surface area contributed by atoms with Crippen LogP contribution in [0.1, 0.15) is 15.9 Å². The van der Waals surface area contributed by atoms with Crippen molar-refractivity contribution in [2.75, 3.05) is 7.11 Å². The molecule has 0 spiro atoms. The smallest absolute Gasteiger partial charge is 0.255 e. The summed E-state index contributed by atoms with van der Waals surface area (Å²) in [5.74, 6) is -1.01. The molecular weight excluding hydrogens is 263 g/mol. The normalized spacial score (nSPS) is 10.1. The number of carbonyl (C=O) groups is 1. The molecule has 0 aliphatic heterocycles. The van der Waals surface area contributed by atoms with E-state index < -0.39 is 11.7 Å². The van der Waals surface area contributed by atoms with E-state index in [1.54, 1.807) is 6.07 Å². The molecule has 0 atom stereocenters. The van der Waals surface area contributed by atoms with Gasteiger partial charge in [0.2, 0.25) is 0 Å². The van der Waals surface area contributed by atoms with Gasteiger partial charge in [-0.25, -0.2) is 4.39 Å². The third kappa shape index (κ3) is 3.03. The van der Waals surface area contributed by atoms with Crippen LogP contribution < -0.4 is 10.1 Å². The lowest BCUT2D eigenvalue weighted by Crippen LogP contribution is -2.23. The molecule has 2 aromatic rings. The Bertz CT molecular complexity index is 632. The SMILES string of the molecule is COc1ccc(CNC(=O)c2ccncc2O)cc1F. The fourth-order valence-electron chi connectivity index (χ4n) is 1.68. The Morgan fingerprint density at radius 3 is 2.90 bits per heavy atom. The first-order valence-electron chi connectivity index (χ1n) is 5.85. The minimum atomic E-state index is -0.494. The van der Waals surface area contributed by atoms with E-state index in [4.69, 9.17) is 4.74 Å². The zero-order valence-electron chi connectivity index (χ0n) is 10.8. The van der Waals surface area contributed by atoms with Crippen LogP contribution in [0.2, 0.25) is 0 Å². The summed E-state index contributed by atoms with van der Waals surface area (Å²) < 4.78 is 18.3. The molecule has 0 unspecified atom stereocenters. The van der Waals surface area contributed by atoms with Gasteiger partial charge in [-0.2, -0.15) is 0 Å². The van der Waals surface area contributed by atoms with Gasteiger partial charge in [0, 0.05) is 12.7 Å². The highest BCUT2D eigenvalue weighted by molar-refractivity contribution is 5.96. The van der Waals surface area contributed by atoms with Gasteiger partial charge in [-0.15, -0.1) is 0 Å². The predicted molar refractivity (Wildman–Crippen MR) is 70.0 cm³/mol. The molecule has 0 aliphatic rings. The largest absolute Gasteiger partial charge is 0.505 e. The fraction of sp³-hybridized carbons (Fsp3) is 0.143. The maximum atomic E-state index is 13.5. The second kappa shape index (κ2) is 6.01. The topological polar surface area (TPSA) is 71.5 Å². The maximum Gasteiger partial charge on any atom is 0.255 e. The van der Waals surface area contributed by atoms with Gasteiger partial charge in [0.15, 0.2) is 11.6 Å². The summed E-state index contributed by atoms with van der Waals surface area (Å²) in [7, 11) is 1.38. The molecule has 1 aromatic heterocycles. The number of ether oxygens (including phenoxy) is 1. The first-order chi connectivity index (χ1) is 9.61. The number of aromatic nitrogens is 1. The van der Waals surface area contributed by atoms with Gasteiger partial charge in [-0.3, -0.25) is 9.78 Å². The Balaban J connectivity index is 2.04. The number of hydrogen-bond acceptors (Lipinski definition) is 4. The third-order valence-electron chi connectivity index (χ3n) is 2.71. The lowest BCUT2D eigenvalue weighted by atomic mass is 10.2. The summed E-state index contributed by atoms with van der Waals surface area (Å²) in [5.41, 5.74) is 0.708. The van der Waals surface area contributed by atoms with Gasteiger partial charge < -0.3 is 15.2 Å². The highest BCUT2D eigenvalue weighted by Gasteiger charge is 2.10. The third-order valence-corrected chi connectivity index (χ3v) is 2.71.